The monoisotopic (exact) mass is 381 g/mol. The standard InChI is InChI=1S/C26H27N3/c1-3-9-20(10-4-1)24(21-11-5-2-6-12-21)26-25(22-14-17-29(26)18-15-22)28-19-23-13-7-8-16-27-23/h1-13,16,19,22,24-26H,14-15,17-18H2/t25-,26-/m1/s1. The largest absolute Gasteiger partial charge is 0.297 e. The Morgan fingerprint density at radius 2 is 1.45 bits per heavy atom. The zero-order chi connectivity index (χ0) is 19.5. The van der Waals surface area contributed by atoms with E-state index in [0.717, 1.165) is 5.69 Å². The molecule has 3 aliphatic rings. The first-order chi connectivity index (χ1) is 14.4. The van der Waals surface area contributed by atoms with Gasteiger partial charge in [0, 0.05) is 24.4 Å². The molecule has 29 heavy (non-hydrogen) atoms. The van der Waals surface area contributed by atoms with Gasteiger partial charge >= 0.3 is 0 Å². The molecule has 0 N–H and O–H groups in total. The van der Waals surface area contributed by atoms with E-state index in [1.54, 1.807) is 0 Å². The third-order valence-corrected chi connectivity index (χ3v) is 6.55. The van der Waals surface area contributed by atoms with E-state index in [2.05, 4.69) is 70.5 Å². The maximum absolute atomic E-state index is 5.16. The Kier molecular flexibility index (Phi) is 5.23. The molecule has 3 saturated heterocycles. The van der Waals surface area contributed by atoms with Crippen molar-refractivity contribution in [3.63, 3.8) is 0 Å². The van der Waals surface area contributed by atoms with E-state index in [0.29, 0.717) is 23.9 Å². The lowest BCUT2D eigenvalue weighted by atomic mass is 9.71. The minimum atomic E-state index is 0.296. The fourth-order valence-corrected chi connectivity index (χ4v) is 5.19. The van der Waals surface area contributed by atoms with Crippen molar-refractivity contribution in [1.82, 2.24) is 9.88 Å². The van der Waals surface area contributed by atoms with Crippen LogP contribution in [0.3, 0.4) is 0 Å². The van der Waals surface area contributed by atoms with E-state index in [4.69, 9.17) is 4.99 Å². The van der Waals surface area contributed by atoms with Gasteiger partial charge in [-0.3, -0.25) is 14.9 Å². The number of hydrogen-bond acceptors (Lipinski definition) is 3. The smallest absolute Gasteiger partial charge is 0.0807 e. The van der Waals surface area contributed by atoms with Crippen LogP contribution in [0.4, 0.5) is 0 Å². The quantitative estimate of drug-likeness (QED) is 0.594. The van der Waals surface area contributed by atoms with Crippen molar-refractivity contribution >= 4 is 6.21 Å². The Morgan fingerprint density at radius 1 is 0.828 bits per heavy atom. The molecule has 3 aliphatic heterocycles. The summed E-state index contributed by atoms with van der Waals surface area (Å²) >= 11 is 0. The number of aromatic nitrogens is 1. The summed E-state index contributed by atoms with van der Waals surface area (Å²) in [5, 5.41) is 0. The van der Waals surface area contributed by atoms with Gasteiger partial charge in [-0.25, -0.2) is 0 Å². The Balaban J connectivity index is 1.56. The average molecular weight is 382 g/mol. The molecule has 6 rings (SSSR count). The summed E-state index contributed by atoms with van der Waals surface area (Å²) in [5.41, 5.74) is 3.71. The summed E-state index contributed by atoms with van der Waals surface area (Å²) in [6.07, 6.45) is 6.33. The van der Waals surface area contributed by atoms with Crippen molar-refractivity contribution < 1.29 is 0 Å². The molecule has 1 aromatic heterocycles. The first-order valence-electron chi connectivity index (χ1n) is 10.7. The summed E-state index contributed by atoms with van der Waals surface area (Å²) < 4.78 is 0. The number of piperidine rings is 3. The van der Waals surface area contributed by atoms with Crippen molar-refractivity contribution in [2.45, 2.75) is 30.8 Å². The van der Waals surface area contributed by atoms with E-state index in [1.165, 1.54) is 37.1 Å². The second-order valence-corrected chi connectivity index (χ2v) is 8.19. The second kappa shape index (κ2) is 8.30. The lowest BCUT2D eigenvalue weighted by Gasteiger charge is -2.52. The molecule has 146 valence electrons. The highest BCUT2D eigenvalue weighted by molar-refractivity contribution is 5.77. The van der Waals surface area contributed by atoms with Crippen LogP contribution in [0.2, 0.25) is 0 Å². The Bertz CT molecular complexity index is 892. The van der Waals surface area contributed by atoms with Gasteiger partial charge in [-0.1, -0.05) is 66.7 Å². The molecule has 3 aromatic rings. The lowest BCUT2D eigenvalue weighted by molar-refractivity contribution is 0.0215. The Morgan fingerprint density at radius 3 is 2.03 bits per heavy atom. The van der Waals surface area contributed by atoms with Crippen LogP contribution in [0.25, 0.3) is 0 Å². The third-order valence-electron chi connectivity index (χ3n) is 6.55. The third kappa shape index (κ3) is 3.75. The van der Waals surface area contributed by atoms with E-state index < -0.39 is 0 Å². The van der Waals surface area contributed by atoms with Crippen LogP contribution in [0.5, 0.6) is 0 Å². The van der Waals surface area contributed by atoms with Crippen LogP contribution < -0.4 is 0 Å². The summed E-state index contributed by atoms with van der Waals surface area (Å²) in [4.78, 5) is 12.3. The van der Waals surface area contributed by atoms with Crippen LogP contribution >= 0.6 is 0 Å². The van der Waals surface area contributed by atoms with Gasteiger partial charge in [0.25, 0.3) is 0 Å². The molecule has 0 amide bonds. The highest BCUT2D eigenvalue weighted by Gasteiger charge is 2.46. The van der Waals surface area contributed by atoms with Crippen molar-refractivity contribution in [2.75, 3.05) is 13.1 Å². The summed E-state index contributed by atoms with van der Waals surface area (Å²) in [7, 11) is 0. The maximum Gasteiger partial charge on any atom is 0.0807 e. The number of aliphatic imine (C=N–C) groups is 1. The molecule has 0 saturated carbocycles. The molecule has 2 aromatic carbocycles. The van der Waals surface area contributed by atoms with E-state index in [-0.39, 0.29) is 0 Å². The first kappa shape index (κ1) is 18.3. The fourth-order valence-electron chi connectivity index (χ4n) is 5.19. The molecule has 0 unspecified atom stereocenters. The molecule has 4 heterocycles. The highest BCUT2D eigenvalue weighted by Crippen LogP contribution is 2.43. The Labute approximate surface area is 173 Å². The van der Waals surface area contributed by atoms with E-state index >= 15 is 0 Å². The van der Waals surface area contributed by atoms with Crippen LogP contribution in [0.15, 0.2) is 90.1 Å². The van der Waals surface area contributed by atoms with Gasteiger partial charge in [-0.15, -0.1) is 0 Å². The van der Waals surface area contributed by atoms with Gasteiger partial charge in [-0.05, 0) is 55.1 Å². The molecule has 0 radical (unpaired) electrons. The van der Waals surface area contributed by atoms with Gasteiger partial charge in [0.15, 0.2) is 0 Å². The Hall–Kier alpha value is -2.78. The number of fused-ring (bicyclic) bond motifs is 3. The minimum Gasteiger partial charge on any atom is -0.297 e. The minimum absolute atomic E-state index is 0.296. The molecular weight excluding hydrogens is 354 g/mol. The molecule has 3 fully saturated rings. The van der Waals surface area contributed by atoms with Gasteiger partial charge < -0.3 is 0 Å². The summed E-state index contributed by atoms with van der Waals surface area (Å²) in [6, 6.07) is 28.7. The maximum atomic E-state index is 5.16. The number of hydrogen-bond donors (Lipinski definition) is 0. The van der Waals surface area contributed by atoms with Crippen molar-refractivity contribution in [3.05, 3.63) is 102 Å². The van der Waals surface area contributed by atoms with Crippen LogP contribution in [-0.2, 0) is 0 Å². The van der Waals surface area contributed by atoms with Crippen molar-refractivity contribution in [1.29, 1.82) is 0 Å². The molecule has 3 heteroatoms. The molecule has 0 aliphatic carbocycles. The number of pyridine rings is 1. The molecule has 3 nitrogen and oxygen atoms in total. The highest BCUT2D eigenvalue weighted by atomic mass is 15.2. The molecule has 2 bridgehead atoms. The van der Waals surface area contributed by atoms with Crippen LogP contribution in [-0.4, -0.2) is 41.3 Å². The lowest BCUT2D eigenvalue weighted by Crippen LogP contribution is -2.59. The van der Waals surface area contributed by atoms with Crippen molar-refractivity contribution in [3.8, 4) is 0 Å². The van der Waals surface area contributed by atoms with E-state index in [9.17, 15) is 0 Å². The topological polar surface area (TPSA) is 28.5 Å². The van der Waals surface area contributed by atoms with E-state index in [1.807, 2.05) is 30.6 Å². The summed E-state index contributed by atoms with van der Waals surface area (Å²) in [6.45, 7) is 2.36. The molecule has 2 atom stereocenters. The SMILES string of the molecule is C(=N[C@@H]1C2CCN(CC2)[C@@H]1C(c1ccccc1)c1ccccc1)c1ccccn1. The molecule has 0 spiro atoms. The van der Waals surface area contributed by atoms with Crippen LogP contribution in [0.1, 0.15) is 35.6 Å². The normalized spacial score (nSPS) is 26.2. The van der Waals surface area contributed by atoms with Gasteiger partial charge in [0.2, 0.25) is 0 Å². The first-order valence-corrected chi connectivity index (χ1v) is 10.7. The van der Waals surface area contributed by atoms with Crippen LogP contribution in [0, 0.1) is 5.92 Å². The van der Waals surface area contributed by atoms with Gasteiger partial charge in [0.1, 0.15) is 0 Å². The number of benzene rings is 2. The average Bonchev–Trinajstić information content (AvgIpc) is 2.81. The second-order valence-electron chi connectivity index (χ2n) is 8.19. The van der Waals surface area contributed by atoms with Crippen molar-refractivity contribution in [2.24, 2.45) is 10.9 Å². The predicted octanol–water partition coefficient (Wildman–Crippen LogP) is 4.80. The number of rotatable bonds is 5. The predicted molar refractivity (Wildman–Crippen MR) is 118 cm³/mol. The zero-order valence-corrected chi connectivity index (χ0v) is 16.6. The fraction of sp³-hybridized carbons (Fsp3) is 0.308. The number of nitrogens with zero attached hydrogens (tertiary/aromatic N) is 3. The zero-order valence-electron chi connectivity index (χ0n) is 16.6. The molecular formula is C26H27N3. The van der Waals surface area contributed by atoms with Gasteiger partial charge in [0.05, 0.1) is 11.7 Å². The summed E-state index contributed by atoms with van der Waals surface area (Å²) in [5.74, 6) is 0.978. The van der Waals surface area contributed by atoms with Gasteiger partial charge in [-0.2, -0.15) is 0 Å².